The molecule has 2 aromatic carbocycles. The molecular formula is C19H18N4O4S. The van der Waals surface area contributed by atoms with Crippen LogP contribution in [0.2, 0.25) is 0 Å². The Labute approximate surface area is 165 Å². The minimum Gasteiger partial charge on any atom is -0.497 e. The lowest BCUT2D eigenvalue weighted by molar-refractivity contribution is 0.0957. The van der Waals surface area contributed by atoms with Gasteiger partial charge in [-0.15, -0.1) is 11.3 Å². The summed E-state index contributed by atoms with van der Waals surface area (Å²) in [5.41, 5.74) is 8.73. The topological polar surface area (TPSA) is 102 Å². The number of carbonyl (C=O) groups is 2. The molecule has 0 radical (unpaired) electrons. The molecule has 3 rings (SSSR count). The van der Waals surface area contributed by atoms with Crippen molar-refractivity contribution in [2.45, 2.75) is 0 Å². The third-order valence-corrected chi connectivity index (χ3v) is 4.37. The number of aromatic nitrogens is 1. The Morgan fingerprint density at radius 1 is 1.00 bits per heavy atom. The number of anilines is 2. The molecule has 0 aliphatic carbocycles. The summed E-state index contributed by atoms with van der Waals surface area (Å²) in [4.78, 5) is 28.4. The van der Waals surface area contributed by atoms with Crippen molar-refractivity contribution in [2.75, 3.05) is 25.0 Å². The number of amides is 2. The van der Waals surface area contributed by atoms with Crippen LogP contribution in [0.15, 0.2) is 53.4 Å². The Kier molecular flexibility index (Phi) is 6.07. The van der Waals surface area contributed by atoms with E-state index in [1.807, 2.05) is 0 Å². The van der Waals surface area contributed by atoms with Crippen LogP contribution in [0.5, 0.6) is 11.5 Å². The molecular weight excluding hydrogens is 380 g/mol. The smallest absolute Gasteiger partial charge is 0.289 e. The van der Waals surface area contributed by atoms with E-state index >= 15 is 0 Å². The van der Waals surface area contributed by atoms with E-state index in [0.29, 0.717) is 34.1 Å². The third-order valence-electron chi connectivity index (χ3n) is 3.79. The molecule has 28 heavy (non-hydrogen) atoms. The number of hydrogen-bond acceptors (Lipinski definition) is 7. The molecule has 0 unspecified atom stereocenters. The average Bonchev–Trinajstić information content (AvgIpc) is 3.27. The van der Waals surface area contributed by atoms with E-state index < -0.39 is 0 Å². The van der Waals surface area contributed by atoms with Crippen LogP contribution in [-0.2, 0) is 0 Å². The number of nitrogens with one attached hydrogen (secondary N) is 3. The SMILES string of the molecule is COc1ccc(C(=O)Nc2cc(NNC(=O)c3cscn3)ccc2OC)cc1. The van der Waals surface area contributed by atoms with E-state index in [-0.39, 0.29) is 11.8 Å². The van der Waals surface area contributed by atoms with Gasteiger partial charge in [0.2, 0.25) is 0 Å². The Morgan fingerprint density at radius 3 is 2.43 bits per heavy atom. The monoisotopic (exact) mass is 398 g/mol. The van der Waals surface area contributed by atoms with Crippen LogP contribution in [0.4, 0.5) is 11.4 Å². The predicted molar refractivity (Wildman–Crippen MR) is 107 cm³/mol. The van der Waals surface area contributed by atoms with Crippen LogP contribution in [0.3, 0.4) is 0 Å². The fourth-order valence-electron chi connectivity index (χ4n) is 2.34. The molecule has 0 spiro atoms. The maximum atomic E-state index is 12.5. The second-order valence-corrected chi connectivity index (χ2v) is 6.27. The fraction of sp³-hybridized carbons (Fsp3) is 0.105. The molecule has 0 saturated heterocycles. The highest BCUT2D eigenvalue weighted by atomic mass is 32.1. The first-order valence-corrected chi connectivity index (χ1v) is 9.13. The minimum absolute atomic E-state index is 0.301. The molecule has 0 aliphatic rings. The second-order valence-electron chi connectivity index (χ2n) is 5.55. The van der Waals surface area contributed by atoms with Crippen LogP contribution in [0.1, 0.15) is 20.8 Å². The summed E-state index contributed by atoms with van der Waals surface area (Å²) in [6.07, 6.45) is 0. The number of thiazole rings is 1. The molecule has 3 N–H and O–H groups in total. The first-order valence-electron chi connectivity index (χ1n) is 8.18. The molecule has 9 heteroatoms. The maximum absolute atomic E-state index is 12.5. The second kappa shape index (κ2) is 8.87. The van der Waals surface area contributed by atoms with Gasteiger partial charge in [0.1, 0.15) is 17.2 Å². The third kappa shape index (κ3) is 4.57. The molecule has 0 saturated carbocycles. The molecule has 1 aromatic heterocycles. The van der Waals surface area contributed by atoms with Gasteiger partial charge in [0, 0.05) is 10.9 Å². The number of nitrogens with zero attached hydrogens (tertiary/aromatic N) is 1. The van der Waals surface area contributed by atoms with Gasteiger partial charge in [-0.1, -0.05) is 0 Å². The van der Waals surface area contributed by atoms with Crippen LogP contribution in [0, 0.1) is 0 Å². The van der Waals surface area contributed by atoms with Gasteiger partial charge in [-0.2, -0.15) is 0 Å². The molecule has 8 nitrogen and oxygen atoms in total. The van der Waals surface area contributed by atoms with Crippen LogP contribution >= 0.6 is 11.3 Å². The van der Waals surface area contributed by atoms with Crippen molar-refractivity contribution < 1.29 is 19.1 Å². The molecule has 0 fully saturated rings. The molecule has 0 aliphatic heterocycles. The Morgan fingerprint density at radius 2 is 1.79 bits per heavy atom. The Balaban J connectivity index is 1.71. The molecule has 1 heterocycles. The zero-order valence-corrected chi connectivity index (χ0v) is 16.0. The van der Waals surface area contributed by atoms with Gasteiger partial charge >= 0.3 is 0 Å². The highest BCUT2D eigenvalue weighted by molar-refractivity contribution is 7.07. The normalized spacial score (nSPS) is 10.1. The lowest BCUT2D eigenvalue weighted by atomic mass is 10.2. The zero-order chi connectivity index (χ0) is 19.9. The van der Waals surface area contributed by atoms with E-state index in [4.69, 9.17) is 9.47 Å². The standard InChI is InChI=1S/C19H18N4O4S/c1-26-14-6-3-12(4-7-14)18(24)21-15-9-13(5-8-17(15)27-2)22-23-19(25)16-10-28-11-20-16/h3-11,22H,1-2H3,(H,21,24)(H,23,25). The van der Waals surface area contributed by atoms with Crippen LogP contribution in [-0.4, -0.2) is 31.0 Å². The van der Waals surface area contributed by atoms with Gasteiger partial charge in [-0.25, -0.2) is 4.98 Å². The van der Waals surface area contributed by atoms with Crippen molar-refractivity contribution in [2.24, 2.45) is 0 Å². The summed E-state index contributed by atoms with van der Waals surface area (Å²) in [6.45, 7) is 0. The average molecular weight is 398 g/mol. The van der Waals surface area contributed by atoms with E-state index in [1.165, 1.54) is 18.4 Å². The fourth-order valence-corrected chi connectivity index (χ4v) is 2.87. The highest BCUT2D eigenvalue weighted by Gasteiger charge is 2.12. The van der Waals surface area contributed by atoms with Crippen molar-refractivity contribution in [3.05, 3.63) is 64.6 Å². The quantitative estimate of drug-likeness (QED) is 0.529. The summed E-state index contributed by atoms with van der Waals surface area (Å²) < 4.78 is 10.4. The predicted octanol–water partition coefficient (Wildman–Crippen LogP) is 3.17. The maximum Gasteiger partial charge on any atom is 0.289 e. The van der Waals surface area contributed by atoms with Crippen molar-refractivity contribution in [1.29, 1.82) is 0 Å². The summed E-state index contributed by atoms with van der Waals surface area (Å²) in [5.74, 6) is 0.486. The van der Waals surface area contributed by atoms with Gasteiger partial charge in [0.15, 0.2) is 0 Å². The van der Waals surface area contributed by atoms with E-state index in [1.54, 1.807) is 60.5 Å². The Bertz CT molecular complexity index is 959. The van der Waals surface area contributed by atoms with Gasteiger partial charge in [-0.3, -0.25) is 20.4 Å². The lowest BCUT2D eigenvalue weighted by Crippen LogP contribution is -2.29. The van der Waals surface area contributed by atoms with Crippen LogP contribution in [0.25, 0.3) is 0 Å². The van der Waals surface area contributed by atoms with Gasteiger partial charge < -0.3 is 14.8 Å². The van der Waals surface area contributed by atoms with Crippen LogP contribution < -0.4 is 25.6 Å². The van der Waals surface area contributed by atoms with Crippen molar-refractivity contribution in [3.63, 3.8) is 0 Å². The summed E-state index contributed by atoms with van der Waals surface area (Å²) in [5, 5.41) is 4.45. The number of ether oxygens (including phenoxy) is 2. The zero-order valence-electron chi connectivity index (χ0n) is 15.2. The summed E-state index contributed by atoms with van der Waals surface area (Å²) >= 11 is 1.33. The van der Waals surface area contributed by atoms with E-state index in [0.717, 1.165) is 0 Å². The summed E-state index contributed by atoms with van der Waals surface area (Å²) in [7, 11) is 3.07. The molecule has 0 atom stereocenters. The van der Waals surface area contributed by atoms with Crippen molar-refractivity contribution in [1.82, 2.24) is 10.4 Å². The van der Waals surface area contributed by atoms with Crippen molar-refractivity contribution in [3.8, 4) is 11.5 Å². The largest absolute Gasteiger partial charge is 0.497 e. The molecule has 3 aromatic rings. The number of carbonyl (C=O) groups excluding carboxylic acids is 2. The highest BCUT2D eigenvalue weighted by Crippen LogP contribution is 2.28. The molecule has 144 valence electrons. The van der Waals surface area contributed by atoms with Crippen molar-refractivity contribution >= 4 is 34.5 Å². The number of benzene rings is 2. The first kappa shape index (κ1) is 19.2. The number of rotatable bonds is 7. The van der Waals surface area contributed by atoms with Gasteiger partial charge in [-0.05, 0) is 42.5 Å². The number of hydrogen-bond donors (Lipinski definition) is 3. The molecule has 0 bridgehead atoms. The Hall–Kier alpha value is -3.59. The van der Waals surface area contributed by atoms with E-state index in [9.17, 15) is 9.59 Å². The van der Waals surface area contributed by atoms with E-state index in [2.05, 4.69) is 21.2 Å². The minimum atomic E-state index is -0.360. The van der Waals surface area contributed by atoms with Gasteiger partial charge in [0.05, 0.1) is 31.1 Å². The summed E-state index contributed by atoms with van der Waals surface area (Å²) in [6, 6.07) is 11.8. The van der Waals surface area contributed by atoms with Gasteiger partial charge in [0.25, 0.3) is 11.8 Å². The lowest BCUT2D eigenvalue weighted by Gasteiger charge is -2.14. The number of methoxy groups -OCH3 is 2. The first-order chi connectivity index (χ1) is 13.6. The number of hydrazine groups is 1. The molecule has 2 amide bonds.